The van der Waals surface area contributed by atoms with Crippen LogP contribution in [0.2, 0.25) is 0 Å². The molecule has 0 spiro atoms. The first-order chi connectivity index (χ1) is 7.83. The number of thiazole rings is 1. The fourth-order valence-corrected chi connectivity index (χ4v) is 4.52. The highest BCUT2D eigenvalue weighted by Gasteiger charge is 2.22. The van der Waals surface area contributed by atoms with Crippen LogP contribution in [0.1, 0.15) is 29.3 Å². The van der Waals surface area contributed by atoms with E-state index in [9.17, 15) is 0 Å². The zero-order valence-electron chi connectivity index (χ0n) is 8.57. The van der Waals surface area contributed by atoms with Gasteiger partial charge in [0.15, 0.2) is 5.13 Å². The van der Waals surface area contributed by atoms with Crippen LogP contribution in [0.4, 0.5) is 5.13 Å². The molecule has 0 bridgehead atoms. The summed E-state index contributed by atoms with van der Waals surface area (Å²) in [6.45, 7) is 0. The summed E-state index contributed by atoms with van der Waals surface area (Å²) in [6, 6.07) is 2.70. The monoisotopic (exact) mass is 314 g/mol. The van der Waals surface area contributed by atoms with Gasteiger partial charge in [0.25, 0.3) is 0 Å². The largest absolute Gasteiger partial charge is 0.355 e. The molecule has 16 heavy (non-hydrogen) atoms. The molecule has 3 rings (SSSR count). The van der Waals surface area contributed by atoms with Gasteiger partial charge in [0.05, 0.1) is 9.83 Å². The minimum atomic E-state index is 0.442. The molecule has 2 aromatic rings. The van der Waals surface area contributed by atoms with Crippen LogP contribution in [0.5, 0.6) is 0 Å². The average Bonchev–Trinajstić information content (AvgIpc) is 2.86. The van der Waals surface area contributed by atoms with E-state index in [1.807, 2.05) is 22.9 Å². The van der Waals surface area contributed by atoms with Crippen molar-refractivity contribution >= 4 is 43.7 Å². The van der Waals surface area contributed by atoms with E-state index in [-0.39, 0.29) is 0 Å². The van der Waals surface area contributed by atoms with Crippen LogP contribution >= 0.6 is 38.6 Å². The van der Waals surface area contributed by atoms with Gasteiger partial charge in [-0.25, -0.2) is 4.98 Å². The molecule has 2 aromatic heterocycles. The maximum atomic E-state index is 4.29. The van der Waals surface area contributed by atoms with Crippen molar-refractivity contribution in [2.75, 3.05) is 5.32 Å². The van der Waals surface area contributed by atoms with E-state index in [0.29, 0.717) is 6.04 Å². The lowest BCUT2D eigenvalue weighted by atomic mass is 9.94. The molecule has 0 radical (unpaired) electrons. The van der Waals surface area contributed by atoms with E-state index in [2.05, 4.69) is 32.3 Å². The van der Waals surface area contributed by atoms with E-state index >= 15 is 0 Å². The molecule has 1 aliphatic carbocycles. The Morgan fingerprint density at radius 1 is 1.50 bits per heavy atom. The van der Waals surface area contributed by atoms with E-state index in [1.54, 1.807) is 11.3 Å². The number of nitrogens with zero attached hydrogens (tertiary/aromatic N) is 1. The molecular formula is C11H11BrN2S2. The van der Waals surface area contributed by atoms with E-state index in [0.717, 1.165) is 5.13 Å². The molecule has 0 saturated heterocycles. The zero-order chi connectivity index (χ0) is 11.0. The first kappa shape index (κ1) is 10.7. The van der Waals surface area contributed by atoms with Gasteiger partial charge in [-0.2, -0.15) is 0 Å². The van der Waals surface area contributed by atoms with Gasteiger partial charge in [0.1, 0.15) is 0 Å². The second kappa shape index (κ2) is 4.47. The third-order valence-corrected chi connectivity index (χ3v) is 5.23. The van der Waals surface area contributed by atoms with Gasteiger partial charge in [-0.05, 0) is 46.8 Å². The number of hydrogen-bond donors (Lipinski definition) is 1. The first-order valence-electron chi connectivity index (χ1n) is 5.27. The van der Waals surface area contributed by atoms with Gasteiger partial charge in [-0.3, -0.25) is 0 Å². The van der Waals surface area contributed by atoms with Crippen molar-refractivity contribution in [1.29, 1.82) is 0 Å². The van der Waals surface area contributed by atoms with Crippen molar-refractivity contribution < 1.29 is 0 Å². The second-order valence-electron chi connectivity index (χ2n) is 3.86. The van der Waals surface area contributed by atoms with E-state index in [4.69, 9.17) is 0 Å². The number of aryl methyl sites for hydroxylation is 1. The van der Waals surface area contributed by atoms with Gasteiger partial charge in [-0.1, -0.05) is 0 Å². The van der Waals surface area contributed by atoms with Crippen molar-refractivity contribution in [3.8, 4) is 0 Å². The van der Waals surface area contributed by atoms with Crippen LogP contribution in [0.3, 0.4) is 0 Å². The van der Waals surface area contributed by atoms with Crippen LogP contribution in [0.25, 0.3) is 0 Å². The smallest absolute Gasteiger partial charge is 0.183 e. The Morgan fingerprint density at radius 2 is 2.44 bits per heavy atom. The third kappa shape index (κ3) is 2.04. The lowest BCUT2D eigenvalue weighted by Crippen LogP contribution is -2.15. The van der Waals surface area contributed by atoms with Gasteiger partial charge in [0.2, 0.25) is 0 Å². The Kier molecular flexibility index (Phi) is 3.00. The van der Waals surface area contributed by atoms with Crippen LogP contribution in [0.15, 0.2) is 21.4 Å². The fraction of sp³-hybridized carbons (Fsp3) is 0.364. The highest BCUT2D eigenvalue weighted by molar-refractivity contribution is 9.11. The lowest BCUT2D eigenvalue weighted by Gasteiger charge is -2.23. The molecule has 2 nitrogen and oxygen atoms in total. The minimum Gasteiger partial charge on any atom is -0.355 e. The van der Waals surface area contributed by atoms with Crippen LogP contribution in [-0.4, -0.2) is 4.98 Å². The van der Waals surface area contributed by atoms with E-state index < -0.39 is 0 Å². The molecule has 0 aliphatic heterocycles. The molecule has 1 aliphatic rings. The molecule has 0 saturated carbocycles. The molecular weight excluding hydrogens is 304 g/mol. The Morgan fingerprint density at radius 3 is 3.25 bits per heavy atom. The molecule has 1 N–H and O–H groups in total. The van der Waals surface area contributed by atoms with Gasteiger partial charge in [-0.15, -0.1) is 22.7 Å². The number of anilines is 1. The molecule has 0 amide bonds. The molecule has 0 aromatic carbocycles. The predicted octanol–water partition coefficient (Wildman–Crippen LogP) is 4.46. The molecule has 1 atom stereocenters. The summed E-state index contributed by atoms with van der Waals surface area (Å²) in [5, 5.41) is 6.56. The summed E-state index contributed by atoms with van der Waals surface area (Å²) in [4.78, 5) is 5.81. The standard InChI is InChI=1S/C11H11BrN2S2/c12-10-6-7-8(2-1-3-9(7)16-10)14-11-13-4-5-15-11/h4-6,8H,1-3H2,(H,13,14). The maximum absolute atomic E-state index is 4.29. The van der Waals surface area contributed by atoms with Gasteiger partial charge < -0.3 is 5.32 Å². The summed E-state index contributed by atoms with van der Waals surface area (Å²) in [5.74, 6) is 0. The summed E-state index contributed by atoms with van der Waals surface area (Å²) < 4.78 is 1.24. The first-order valence-corrected chi connectivity index (χ1v) is 7.76. The summed E-state index contributed by atoms with van der Waals surface area (Å²) in [7, 11) is 0. The minimum absolute atomic E-state index is 0.442. The fourth-order valence-electron chi connectivity index (χ4n) is 2.12. The number of rotatable bonds is 2. The molecule has 5 heteroatoms. The average molecular weight is 315 g/mol. The molecule has 0 fully saturated rings. The summed E-state index contributed by atoms with van der Waals surface area (Å²) in [5.41, 5.74) is 1.46. The topological polar surface area (TPSA) is 24.9 Å². The third-order valence-electron chi connectivity index (χ3n) is 2.81. The van der Waals surface area contributed by atoms with Crippen molar-refractivity contribution in [2.24, 2.45) is 0 Å². The van der Waals surface area contributed by atoms with Crippen LogP contribution in [0, 0.1) is 0 Å². The molecule has 1 unspecified atom stereocenters. The van der Waals surface area contributed by atoms with Crippen LogP contribution in [-0.2, 0) is 6.42 Å². The highest BCUT2D eigenvalue weighted by Crippen LogP contribution is 2.39. The Hall–Kier alpha value is -0.390. The summed E-state index contributed by atoms with van der Waals surface area (Å²) >= 11 is 7.11. The second-order valence-corrected chi connectivity index (χ2v) is 7.27. The van der Waals surface area contributed by atoms with Crippen molar-refractivity contribution in [3.05, 3.63) is 31.9 Å². The number of aromatic nitrogens is 1. The quantitative estimate of drug-likeness (QED) is 0.885. The van der Waals surface area contributed by atoms with E-state index in [1.165, 1.54) is 33.5 Å². The molecule has 84 valence electrons. The number of hydrogen-bond acceptors (Lipinski definition) is 4. The van der Waals surface area contributed by atoms with Gasteiger partial charge in [0, 0.05) is 16.5 Å². The van der Waals surface area contributed by atoms with Crippen molar-refractivity contribution in [2.45, 2.75) is 25.3 Å². The Labute approximate surface area is 111 Å². The maximum Gasteiger partial charge on any atom is 0.183 e. The zero-order valence-corrected chi connectivity index (χ0v) is 11.8. The number of thiophene rings is 1. The van der Waals surface area contributed by atoms with Crippen molar-refractivity contribution in [3.63, 3.8) is 0 Å². The lowest BCUT2D eigenvalue weighted by molar-refractivity contribution is 0.608. The number of fused-ring (bicyclic) bond motifs is 1. The Balaban J connectivity index is 1.87. The normalized spacial score (nSPS) is 19.4. The Bertz CT molecular complexity index is 478. The summed E-state index contributed by atoms with van der Waals surface area (Å²) in [6.07, 6.45) is 5.54. The number of nitrogens with one attached hydrogen (secondary N) is 1. The predicted molar refractivity (Wildman–Crippen MR) is 73.4 cm³/mol. The molecule has 2 heterocycles. The number of halogens is 1. The van der Waals surface area contributed by atoms with Crippen LogP contribution < -0.4 is 5.32 Å². The van der Waals surface area contributed by atoms with Crippen molar-refractivity contribution in [1.82, 2.24) is 4.98 Å². The van der Waals surface area contributed by atoms with Gasteiger partial charge >= 0.3 is 0 Å². The SMILES string of the molecule is Brc1cc2c(s1)CCCC2Nc1nccs1. The highest BCUT2D eigenvalue weighted by atomic mass is 79.9.